The van der Waals surface area contributed by atoms with E-state index in [1.165, 1.54) is 0 Å². The molecule has 3 heterocycles. The SMILES string of the molecule is CC(Cn1cncc1-c1cccnc1N)c1nccs1. The number of nitrogen functional groups attached to an aromatic ring is 1. The molecule has 3 aromatic heterocycles. The highest BCUT2D eigenvalue weighted by atomic mass is 32.1. The van der Waals surface area contributed by atoms with Crippen molar-refractivity contribution in [1.29, 1.82) is 0 Å². The van der Waals surface area contributed by atoms with Crippen molar-refractivity contribution in [3.63, 3.8) is 0 Å². The Hall–Kier alpha value is -2.21. The number of nitrogens with two attached hydrogens (primary N) is 1. The first-order valence-corrected chi connectivity index (χ1v) is 7.24. The first-order valence-electron chi connectivity index (χ1n) is 6.36. The molecule has 1 atom stereocenters. The number of hydrogen-bond donors (Lipinski definition) is 1. The summed E-state index contributed by atoms with van der Waals surface area (Å²) in [5, 5.41) is 3.13. The Morgan fingerprint density at radius 3 is 3.00 bits per heavy atom. The number of anilines is 1. The van der Waals surface area contributed by atoms with E-state index >= 15 is 0 Å². The number of aromatic nitrogens is 4. The molecule has 0 saturated heterocycles. The van der Waals surface area contributed by atoms with Crippen molar-refractivity contribution in [3.05, 3.63) is 47.4 Å². The lowest BCUT2D eigenvalue weighted by atomic mass is 10.1. The van der Waals surface area contributed by atoms with Crippen LogP contribution >= 0.6 is 11.3 Å². The zero-order valence-electron chi connectivity index (χ0n) is 11.1. The van der Waals surface area contributed by atoms with E-state index in [9.17, 15) is 0 Å². The van der Waals surface area contributed by atoms with Gasteiger partial charge in [-0.25, -0.2) is 15.0 Å². The maximum absolute atomic E-state index is 5.94. The van der Waals surface area contributed by atoms with Crippen LogP contribution in [0.3, 0.4) is 0 Å². The Labute approximate surface area is 121 Å². The second-order valence-electron chi connectivity index (χ2n) is 4.64. The lowest BCUT2D eigenvalue weighted by Gasteiger charge is -2.13. The standard InChI is InChI=1S/C14H15N5S/c1-10(14-18-5-6-20-14)8-19-9-16-7-12(19)11-3-2-4-17-13(11)15/h2-7,9-10H,8H2,1H3,(H2,15,17). The van der Waals surface area contributed by atoms with E-state index in [-0.39, 0.29) is 0 Å². The summed E-state index contributed by atoms with van der Waals surface area (Å²) in [7, 11) is 0. The summed E-state index contributed by atoms with van der Waals surface area (Å²) in [6.07, 6.45) is 7.18. The van der Waals surface area contributed by atoms with Gasteiger partial charge in [0.1, 0.15) is 5.82 Å². The second kappa shape index (κ2) is 5.42. The molecule has 0 radical (unpaired) electrons. The largest absolute Gasteiger partial charge is 0.383 e. The Morgan fingerprint density at radius 2 is 2.25 bits per heavy atom. The zero-order chi connectivity index (χ0) is 13.9. The molecular weight excluding hydrogens is 270 g/mol. The van der Waals surface area contributed by atoms with Gasteiger partial charge in [0.25, 0.3) is 0 Å². The van der Waals surface area contributed by atoms with Gasteiger partial charge in [-0.1, -0.05) is 6.92 Å². The summed E-state index contributed by atoms with van der Waals surface area (Å²) in [5.74, 6) is 0.858. The van der Waals surface area contributed by atoms with Gasteiger partial charge in [-0.3, -0.25) is 0 Å². The lowest BCUT2D eigenvalue weighted by molar-refractivity contribution is 0.598. The van der Waals surface area contributed by atoms with Crippen LogP contribution in [0.1, 0.15) is 17.8 Å². The molecule has 20 heavy (non-hydrogen) atoms. The fraction of sp³-hybridized carbons (Fsp3) is 0.214. The van der Waals surface area contributed by atoms with Crippen LogP contribution in [0.4, 0.5) is 5.82 Å². The summed E-state index contributed by atoms with van der Waals surface area (Å²) in [6, 6.07) is 3.84. The second-order valence-corrected chi connectivity index (χ2v) is 5.56. The predicted octanol–water partition coefficient (Wildman–Crippen LogP) is 2.79. The molecule has 5 nitrogen and oxygen atoms in total. The van der Waals surface area contributed by atoms with E-state index in [1.54, 1.807) is 17.5 Å². The van der Waals surface area contributed by atoms with Crippen molar-refractivity contribution in [3.8, 4) is 11.3 Å². The highest BCUT2D eigenvalue weighted by Crippen LogP contribution is 2.26. The molecule has 6 heteroatoms. The van der Waals surface area contributed by atoms with Crippen LogP contribution in [0.25, 0.3) is 11.3 Å². The minimum Gasteiger partial charge on any atom is -0.383 e. The molecule has 2 N–H and O–H groups in total. The maximum atomic E-state index is 5.94. The summed E-state index contributed by atoms with van der Waals surface area (Å²) in [5.41, 5.74) is 7.84. The average molecular weight is 285 g/mol. The molecule has 0 bridgehead atoms. The molecule has 0 aliphatic rings. The van der Waals surface area contributed by atoms with Gasteiger partial charge < -0.3 is 10.3 Å². The summed E-state index contributed by atoms with van der Waals surface area (Å²) in [6.45, 7) is 2.98. The van der Waals surface area contributed by atoms with Crippen LogP contribution < -0.4 is 5.73 Å². The zero-order valence-corrected chi connectivity index (χ0v) is 11.9. The summed E-state index contributed by atoms with van der Waals surface area (Å²) in [4.78, 5) is 12.7. The number of rotatable bonds is 4. The Balaban J connectivity index is 1.89. The molecular formula is C14H15N5S. The molecule has 0 aliphatic carbocycles. The topological polar surface area (TPSA) is 69.6 Å². The number of imidazole rings is 1. The first kappa shape index (κ1) is 12.8. The van der Waals surface area contributed by atoms with Gasteiger partial charge >= 0.3 is 0 Å². The number of thiazole rings is 1. The van der Waals surface area contributed by atoms with E-state index in [0.29, 0.717) is 11.7 Å². The normalized spacial score (nSPS) is 12.4. The molecule has 3 rings (SSSR count). The molecule has 1 unspecified atom stereocenters. The molecule has 3 aromatic rings. The quantitative estimate of drug-likeness (QED) is 0.800. The van der Waals surface area contributed by atoms with Gasteiger partial charge in [0, 0.05) is 35.8 Å². The Kier molecular flexibility index (Phi) is 3.47. The summed E-state index contributed by atoms with van der Waals surface area (Å²) >= 11 is 1.68. The van der Waals surface area contributed by atoms with Crippen LogP contribution in [0.15, 0.2) is 42.4 Å². The van der Waals surface area contributed by atoms with Crippen LogP contribution in [-0.2, 0) is 6.54 Å². The first-order chi connectivity index (χ1) is 9.75. The third-order valence-corrected chi connectivity index (χ3v) is 4.18. The van der Waals surface area contributed by atoms with Gasteiger partial charge in [-0.2, -0.15) is 0 Å². The van der Waals surface area contributed by atoms with Crippen molar-refractivity contribution in [2.24, 2.45) is 0 Å². The smallest absolute Gasteiger partial charge is 0.132 e. The van der Waals surface area contributed by atoms with E-state index in [4.69, 9.17) is 5.73 Å². The number of pyridine rings is 1. The monoisotopic (exact) mass is 285 g/mol. The van der Waals surface area contributed by atoms with Gasteiger partial charge in [0.2, 0.25) is 0 Å². The Bertz CT molecular complexity index is 689. The number of hydrogen-bond acceptors (Lipinski definition) is 5. The van der Waals surface area contributed by atoms with E-state index in [1.807, 2.05) is 36.2 Å². The van der Waals surface area contributed by atoms with Crippen LogP contribution in [0, 0.1) is 0 Å². The van der Waals surface area contributed by atoms with Gasteiger partial charge in [-0.15, -0.1) is 11.3 Å². The molecule has 102 valence electrons. The van der Waals surface area contributed by atoms with E-state index in [0.717, 1.165) is 22.8 Å². The van der Waals surface area contributed by atoms with Crippen molar-refractivity contribution in [2.75, 3.05) is 5.73 Å². The van der Waals surface area contributed by atoms with E-state index in [2.05, 4.69) is 26.4 Å². The average Bonchev–Trinajstić information content (AvgIpc) is 3.10. The maximum Gasteiger partial charge on any atom is 0.132 e. The van der Waals surface area contributed by atoms with Crippen LogP contribution in [0.2, 0.25) is 0 Å². The van der Waals surface area contributed by atoms with Gasteiger partial charge in [0.05, 0.1) is 23.2 Å². The van der Waals surface area contributed by atoms with Crippen molar-refractivity contribution in [1.82, 2.24) is 19.5 Å². The van der Waals surface area contributed by atoms with Crippen LogP contribution in [-0.4, -0.2) is 19.5 Å². The van der Waals surface area contributed by atoms with Crippen molar-refractivity contribution in [2.45, 2.75) is 19.4 Å². The van der Waals surface area contributed by atoms with Gasteiger partial charge in [-0.05, 0) is 12.1 Å². The lowest BCUT2D eigenvalue weighted by Crippen LogP contribution is -2.07. The minimum atomic E-state index is 0.334. The number of nitrogens with zero attached hydrogens (tertiary/aromatic N) is 4. The highest BCUT2D eigenvalue weighted by molar-refractivity contribution is 7.09. The Morgan fingerprint density at radius 1 is 1.35 bits per heavy atom. The minimum absolute atomic E-state index is 0.334. The third-order valence-electron chi connectivity index (χ3n) is 3.17. The predicted molar refractivity (Wildman–Crippen MR) is 80.4 cm³/mol. The molecule has 0 aliphatic heterocycles. The van der Waals surface area contributed by atoms with Crippen molar-refractivity contribution >= 4 is 17.2 Å². The van der Waals surface area contributed by atoms with Crippen molar-refractivity contribution < 1.29 is 0 Å². The molecule has 0 spiro atoms. The summed E-state index contributed by atoms with van der Waals surface area (Å²) < 4.78 is 2.10. The van der Waals surface area contributed by atoms with Gasteiger partial charge in [0.15, 0.2) is 0 Å². The fourth-order valence-corrected chi connectivity index (χ4v) is 2.87. The molecule has 0 saturated carbocycles. The highest BCUT2D eigenvalue weighted by Gasteiger charge is 2.13. The fourth-order valence-electron chi connectivity index (χ4n) is 2.18. The van der Waals surface area contributed by atoms with Crippen LogP contribution in [0.5, 0.6) is 0 Å². The molecule has 0 amide bonds. The molecule has 0 fully saturated rings. The third kappa shape index (κ3) is 2.42. The molecule has 0 aromatic carbocycles. The van der Waals surface area contributed by atoms with E-state index < -0.39 is 0 Å².